The number of fused-ring (bicyclic) bond motifs is 9. The van der Waals surface area contributed by atoms with Crippen LogP contribution in [0.4, 0.5) is 17.1 Å². The molecule has 0 unspecified atom stereocenters. The van der Waals surface area contributed by atoms with Crippen LogP contribution in [0.5, 0.6) is 11.5 Å². The van der Waals surface area contributed by atoms with Gasteiger partial charge in [0, 0.05) is 73.9 Å². The van der Waals surface area contributed by atoms with E-state index in [1.54, 1.807) is 0 Å². The Morgan fingerprint density at radius 2 is 1.08 bits per heavy atom. The molecule has 4 heteroatoms. The van der Waals surface area contributed by atoms with Crippen LogP contribution in [-0.2, 0) is 5.41 Å². The molecule has 0 N–H and O–H groups in total. The minimum absolute atomic E-state index is 0.218. The van der Waals surface area contributed by atoms with Gasteiger partial charge in [-0.05, 0) is 83.9 Å². The molecular formula is C45H31NOS2. The third-order valence-corrected chi connectivity index (χ3v) is 12.4. The number of nitrogens with zero attached hydrogens (tertiary/aromatic N) is 1. The molecule has 0 fully saturated rings. The predicted octanol–water partition coefficient (Wildman–Crippen LogP) is 14.0. The van der Waals surface area contributed by atoms with Crippen molar-refractivity contribution in [2.45, 2.75) is 19.3 Å². The van der Waals surface area contributed by atoms with Crippen molar-refractivity contribution in [2.75, 3.05) is 4.90 Å². The number of anilines is 3. The van der Waals surface area contributed by atoms with E-state index in [4.69, 9.17) is 4.74 Å². The van der Waals surface area contributed by atoms with E-state index in [9.17, 15) is 0 Å². The molecule has 49 heavy (non-hydrogen) atoms. The van der Waals surface area contributed by atoms with E-state index < -0.39 is 0 Å². The highest BCUT2D eigenvalue weighted by Gasteiger charge is 2.36. The zero-order chi connectivity index (χ0) is 32.7. The number of benzene rings is 7. The van der Waals surface area contributed by atoms with Crippen LogP contribution in [0.1, 0.15) is 25.0 Å². The lowest BCUT2D eigenvalue weighted by atomic mass is 9.74. The molecule has 0 spiro atoms. The Labute approximate surface area is 293 Å². The van der Waals surface area contributed by atoms with E-state index in [1.807, 2.05) is 22.7 Å². The number of para-hydroxylation sites is 1. The van der Waals surface area contributed by atoms with Gasteiger partial charge in [0.15, 0.2) is 0 Å². The van der Waals surface area contributed by atoms with Crippen molar-refractivity contribution in [1.82, 2.24) is 0 Å². The van der Waals surface area contributed by atoms with Gasteiger partial charge in [0.05, 0.1) is 0 Å². The maximum Gasteiger partial charge on any atom is 0.140 e. The molecule has 0 saturated heterocycles. The van der Waals surface area contributed by atoms with Crippen molar-refractivity contribution in [3.8, 4) is 22.6 Å². The van der Waals surface area contributed by atoms with Gasteiger partial charge in [0.1, 0.15) is 11.5 Å². The largest absolute Gasteiger partial charge is 0.456 e. The molecule has 0 amide bonds. The summed E-state index contributed by atoms with van der Waals surface area (Å²) in [6.45, 7) is 4.65. The molecule has 1 aliphatic heterocycles. The van der Waals surface area contributed by atoms with Gasteiger partial charge in [-0.3, -0.25) is 0 Å². The Bertz CT molecular complexity index is 2720. The molecule has 2 nitrogen and oxygen atoms in total. The highest BCUT2D eigenvalue weighted by atomic mass is 32.1. The smallest absolute Gasteiger partial charge is 0.140 e. The van der Waals surface area contributed by atoms with Crippen molar-refractivity contribution in [3.05, 3.63) is 163 Å². The molecule has 10 rings (SSSR count). The molecule has 234 valence electrons. The van der Waals surface area contributed by atoms with Crippen LogP contribution in [0, 0.1) is 0 Å². The number of ether oxygens (including phenoxy) is 1. The second kappa shape index (κ2) is 10.8. The SMILES string of the molecule is CC1(C)c2cc(-c3ccc(N(c4ccccc4)c4ccc5sc6ccccc6c5c4)cc3)ccc2Oc2c1ccc1sc3ccccc3c21. The first kappa shape index (κ1) is 28.6. The minimum atomic E-state index is -0.218. The zero-order valence-electron chi connectivity index (χ0n) is 27.1. The summed E-state index contributed by atoms with van der Waals surface area (Å²) >= 11 is 3.69. The molecule has 3 heterocycles. The van der Waals surface area contributed by atoms with Crippen molar-refractivity contribution >= 4 is 80.1 Å². The third-order valence-electron chi connectivity index (χ3n) is 10.1. The normalized spacial score (nSPS) is 13.4. The second-order valence-electron chi connectivity index (χ2n) is 13.3. The molecular weight excluding hydrogens is 635 g/mol. The Kier molecular flexibility index (Phi) is 6.30. The summed E-state index contributed by atoms with van der Waals surface area (Å²) in [6.07, 6.45) is 0. The fraction of sp³-hybridized carbons (Fsp3) is 0.0667. The lowest BCUT2D eigenvalue weighted by Gasteiger charge is -2.35. The van der Waals surface area contributed by atoms with Gasteiger partial charge in [-0.15, -0.1) is 22.7 Å². The fourth-order valence-corrected chi connectivity index (χ4v) is 9.80. The number of hydrogen-bond acceptors (Lipinski definition) is 4. The lowest BCUT2D eigenvalue weighted by Crippen LogP contribution is -2.24. The summed E-state index contributed by atoms with van der Waals surface area (Å²) in [7, 11) is 0. The number of thiophene rings is 2. The molecule has 0 bridgehead atoms. The van der Waals surface area contributed by atoms with Crippen LogP contribution >= 0.6 is 22.7 Å². The van der Waals surface area contributed by atoms with E-state index in [-0.39, 0.29) is 5.41 Å². The quantitative estimate of drug-likeness (QED) is 0.185. The van der Waals surface area contributed by atoms with E-state index in [1.165, 1.54) is 62.6 Å². The number of hydrogen-bond donors (Lipinski definition) is 0. The molecule has 0 atom stereocenters. The van der Waals surface area contributed by atoms with Gasteiger partial charge in [-0.1, -0.05) is 92.7 Å². The Morgan fingerprint density at radius 1 is 0.469 bits per heavy atom. The zero-order valence-corrected chi connectivity index (χ0v) is 28.7. The van der Waals surface area contributed by atoms with Crippen LogP contribution in [0.25, 0.3) is 51.5 Å². The average Bonchev–Trinajstić information content (AvgIpc) is 3.71. The fourth-order valence-electron chi connectivity index (χ4n) is 7.61. The maximum atomic E-state index is 6.78. The lowest BCUT2D eigenvalue weighted by molar-refractivity contribution is 0.423. The standard InChI is InChI=1S/C45H31NOS2/c1-45(2)36-22-25-42-43(34-13-7-9-15-40(34)49-42)44(36)47-38-23-18-29(26-37(38)45)28-16-19-31(20-17-28)46(30-10-4-3-5-11-30)32-21-24-41-35(27-32)33-12-6-8-14-39(33)48-41/h3-27H,1-2H3. The Morgan fingerprint density at radius 3 is 1.90 bits per heavy atom. The van der Waals surface area contributed by atoms with Gasteiger partial charge in [0.25, 0.3) is 0 Å². The second-order valence-corrected chi connectivity index (χ2v) is 15.5. The van der Waals surface area contributed by atoms with Crippen LogP contribution in [0.15, 0.2) is 152 Å². The summed E-state index contributed by atoms with van der Waals surface area (Å²) in [5.41, 5.74) is 7.99. The third kappa shape index (κ3) is 4.45. The molecule has 9 aromatic rings. The first-order valence-corrected chi connectivity index (χ1v) is 18.3. The highest BCUT2D eigenvalue weighted by Crippen LogP contribution is 2.53. The van der Waals surface area contributed by atoms with Gasteiger partial charge < -0.3 is 9.64 Å². The maximum absolute atomic E-state index is 6.78. The molecule has 0 aliphatic carbocycles. The van der Waals surface area contributed by atoms with E-state index in [2.05, 4.69) is 170 Å². The predicted molar refractivity (Wildman–Crippen MR) is 211 cm³/mol. The van der Waals surface area contributed by atoms with E-state index in [0.29, 0.717) is 0 Å². The topological polar surface area (TPSA) is 12.5 Å². The van der Waals surface area contributed by atoms with Crippen LogP contribution in [0.2, 0.25) is 0 Å². The summed E-state index contributed by atoms with van der Waals surface area (Å²) in [4.78, 5) is 2.35. The van der Waals surface area contributed by atoms with Crippen LogP contribution in [-0.4, -0.2) is 0 Å². The van der Waals surface area contributed by atoms with Gasteiger partial charge in [-0.2, -0.15) is 0 Å². The first-order valence-electron chi connectivity index (χ1n) is 16.7. The minimum Gasteiger partial charge on any atom is -0.456 e. The van der Waals surface area contributed by atoms with Crippen LogP contribution in [0.3, 0.4) is 0 Å². The highest BCUT2D eigenvalue weighted by molar-refractivity contribution is 7.26. The Balaban J connectivity index is 1.04. The van der Waals surface area contributed by atoms with E-state index >= 15 is 0 Å². The van der Waals surface area contributed by atoms with Crippen molar-refractivity contribution < 1.29 is 4.74 Å². The molecule has 2 aromatic heterocycles. The van der Waals surface area contributed by atoms with Crippen molar-refractivity contribution in [2.24, 2.45) is 0 Å². The average molecular weight is 666 g/mol. The van der Waals surface area contributed by atoms with Crippen molar-refractivity contribution in [3.63, 3.8) is 0 Å². The van der Waals surface area contributed by atoms with Gasteiger partial charge in [-0.25, -0.2) is 0 Å². The first-order chi connectivity index (χ1) is 24.0. The molecule has 1 aliphatic rings. The van der Waals surface area contributed by atoms with Crippen LogP contribution < -0.4 is 9.64 Å². The Hall–Kier alpha value is -5.42. The summed E-state index contributed by atoms with van der Waals surface area (Å²) in [6, 6.07) is 55.1. The van der Waals surface area contributed by atoms with Gasteiger partial charge >= 0.3 is 0 Å². The van der Waals surface area contributed by atoms with Crippen molar-refractivity contribution in [1.29, 1.82) is 0 Å². The summed E-state index contributed by atoms with van der Waals surface area (Å²) in [5, 5.41) is 5.10. The van der Waals surface area contributed by atoms with E-state index in [0.717, 1.165) is 28.6 Å². The number of rotatable bonds is 4. The summed E-state index contributed by atoms with van der Waals surface area (Å²) < 4.78 is 12.0. The molecule has 0 saturated carbocycles. The molecule has 7 aromatic carbocycles. The monoisotopic (exact) mass is 665 g/mol. The molecule has 0 radical (unpaired) electrons. The van der Waals surface area contributed by atoms with Gasteiger partial charge in [0.2, 0.25) is 0 Å². The summed E-state index contributed by atoms with van der Waals surface area (Å²) in [5.74, 6) is 1.94.